The molecule has 3 heteroatoms. The van der Waals surface area contributed by atoms with Crippen LogP contribution in [0.15, 0.2) is 60.7 Å². The second kappa shape index (κ2) is 8.35. The van der Waals surface area contributed by atoms with Gasteiger partial charge in [0, 0.05) is 0 Å². The number of aliphatic carboxylic acids is 1. The van der Waals surface area contributed by atoms with Gasteiger partial charge in [0.25, 0.3) is 0 Å². The Morgan fingerprint density at radius 1 is 1.00 bits per heavy atom. The smallest absolute Gasteiger partial charge is 0.306 e. The molecule has 2 aromatic rings. The molecule has 3 nitrogen and oxygen atoms in total. The van der Waals surface area contributed by atoms with Crippen LogP contribution in [-0.2, 0) is 4.79 Å². The van der Waals surface area contributed by atoms with Crippen LogP contribution in [-0.4, -0.2) is 17.6 Å². The Labute approximate surface area is 132 Å². The van der Waals surface area contributed by atoms with E-state index >= 15 is 0 Å². The lowest BCUT2D eigenvalue weighted by atomic mass is 9.97. The fraction of sp³-hybridized carbons (Fsp3) is 0.316. The predicted molar refractivity (Wildman–Crippen MR) is 88.8 cm³/mol. The summed E-state index contributed by atoms with van der Waals surface area (Å²) < 4.78 is 0. The number of hydrogen-bond acceptors (Lipinski definition) is 2. The second-order valence-electron chi connectivity index (χ2n) is 5.44. The Bertz CT molecular complexity index is 529. The second-order valence-corrected chi connectivity index (χ2v) is 5.44. The van der Waals surface area contributed by atoms with Crippen LogP contribution in [0.3, 0.4) is 0 Å². The van der Waals surface area contributed by atoms with E-state index in [1.54, 1.807) is 0 Å². The van der Waals surface area contributed by atoms with Crippen molar-refractivity contribution in [3.63, 3.8) is 0 Å². The van der Waals surface area contributed by atoms with Crippen molar-refractivity contribution in [2.24, 2.45) is 5.92 Å². The van der Waals surface area contributed by atoms with Gasteiger partial charge in [-0.25, -0.2) is 0 Å². The van der Waals surface area contributed by atoms with Crippen LogP contribution >= 0.6 is 0 Å². The molecule has 0 spiro atoms. The normalized spacial score (nSPS) is 12.3. The Hall–Kier alpha value is -2.13. The maximum absolute atomic E-state index is 11.1. The highest BCUT2D eigenvalue weighted by molar-refractivity contribution is 5.69. The van der Waals surface area contributed by atoms with Crippen LogP contribution < -0.4 is 5.32 Å². The summed E-state index contributed by atoms with van der Waals surface area (Å²) in [6.07, 6.45) is 1.31. The molecule has 0 saturated heterocycles. The zero-order chi connectivity index (χ0) is 15.8. The van der Waals surface area contributed by atoms with Crippen LogP contribution in [0.1, 0.15) is 36.9 Å². The standard InChI is InChI=1S/C19H23NO2/c1-2-15(19(21)22)13-14-20-18(16-9-5-3-6-10-16)17-11-7-4-8-12-17/h3-12,15,18,20H,2,13-14H2,1H3,(H,21,22). The molecule has 0 aliphatic rings. The zero-order valence-electron chi connectivity index (χ0n) is 12.9. The van der Waals surface area contributed by atoms with Crippen molar-refractivity contribution in [1.82, 2.24) is 5.32 Å². The molecule has 116 valence electrons. The third kappa shape index (κ3) is 4.43. The number of hydrogen-bond donors (Lipinski definition) is 2. The molecule has 2 N–H and O–H groups in total. The van der Waals surface area contributed by atoms with Gasteiger partial charge in [0.15, 0.2) is 0 Å². The highest BCUT2D eigenvalue weighted by atomic mass is 16.4. The molecule has 0 heterocycles. The minimum atomic E-state index is -0.708. The van der Waals surface area contributed by atoms with Gasteiger partial charge >= 0.3 is 5.97 Å². The summed E-state index contributed by atoms with van der Waals surface area (Å²) in [5.74, 6) is -0.986. The van der Waals surface area contributed by atoms with Crippen molar-refractivity contribution in [3.8, 4) is 0 Å². The van der Waals surface area contributed by atoms with E-state index in [0.29, 0.717) is 19.4 Å². The summed E-state index contributed by atoms with van der Waals surface area (Å²) in [4.78, 5) is 11.1. The van der Waals surface area contributed by atoms with Crippen molar-refractivity contribution in [2.75, 3.05) is 6.54 Å². The molecule has 0 bridgehead atoms. The molecule has 1 unspecified atom stereocenters. The van der Waals surface area contributed by atoms with E-state index in [0.717, 1.165) is 0 Å². The molecule has 22 heavy (non-hydrogen) atoms. The number of rotatable bonds is 8. The summed E-state index contributed by atoms with van der Waals surface area (Å²) in [6, 6.07) is 20.6. The van der Waals surface area contributed by atoms with Crippen molar-refractivity contribution >= 4 is 5.97 Å². The molecule has 0 fully saturated rings. The molecule has 0 amide bonds. The third-order valence-electron chi connectivity index (χ3n) is 3.95. The summed E-state index contributed by atoms with van der Waals surface area (Å²) in [5, 5.41) is 12.7. The maximum Gasteiger partial charge on any atom is 0.306 e. The first kappa shape index (κ1) is 16.2. The topological polar surface area (TPSA) is 49.3 Å². The monoisotopic (exact) mass is 297 g/mol. The number of carbonyl (C=O) groups is 1. The zero-order valence-corrected chi connectivity index (χ0v) is 12.9. The highest BCUT2D eigenvalue weighted by Crippen LogP contribution is 2.22. The van der Waals surface area contributed by atoms with Crippen molar-refractivity contribution in [1.29, 1.82) is 0 Å². The number of carboxylic acid groups (broad SMARTS) is 1. The van der Waals surface area contributed by atoms with Gasteiger partial charge in [-0.3, -0.25) is 4.79 Å². The van der Waals surface area contributed by atoms with E-state index in [4.69, 9.17) is 5.11 Å². The van der Waals surface area contributed by atoms with Crippen molar-refractivity contribution < 1.29 is 9.90 Å². The van der Waals surface area contributed by atoms with Gasteiger partial charge in [0.05, 0.1) is 12.0 Å². The summed E-state index contributed by atoms with van der Waals surface area (Å²) >= 11 is 0. The van der Waals surface area contributed by atoms with Gasteiger partial charge in [0.2, 0.25) is 0 Å². The fourth-order valence-electron chi connectivity index (χ4n) is 2.62. The lowest BCUT2D eigenvalue weighted by Crippen LogP contribution is -2.26. The number of benzene rings is 2. The van der Waals surface area contributed by atoms with E-state index in [9.17, 15) is 4.79 Å². The van der Waals surface area contributed by atoms with Crippen molar-refractivity contribution in [3.05, 3.63) is 71.8 Å². The first-order valence-electron chi connectivity index (χ1n) is 7.78. The van der Waals surface area contributed by atoms with Gasteiger partial charge < -0.3 is 10.4 Å². The molecular formula is C19H23NO2. The van der Waals surface area contributed by atoms with Crippen LogP contribution in [0, 0.1) is 5.92 Å². The Morgan fingerprint density at radius 3 is 1.91 bits per heavy atom. The Morgan fingerprint density at radius 2 is 1.50 bits per heavy atom. The van der Waals surface area contributed by atoms with E-state index in [1.807, 2.05) is 43.3 Å². The average molecular weight is 297 g/mol. The van der Waals surface area contributed by atoms with Gasteiger partial charge in [-0.2, -0.15) is 0 Å². The van der Waals surface area contributed by atoms with Crippen LogP contribution in [0.25, 0.3) is 0 Å². The summed E-state index contributed by atoms with van der Waals surface area (Å²) in [5.41, 5.74) is 2.38. The Kier molecular flexibility index (Phi) is 6.16. The third-order valence-corrected chi connectivity index (χ3v) is 3.95. The molecule has 2 aromatic carbocycles. The summed E-state index contributed by atoms with van der Waals surface area (Å²) in [6.45, 7) is 2.60. The van der Waals surface area contributed by atoms with Gasteiger partial charge in [-0.1, -0.05) is 67.6 Å². The van der Waals surface area contributed by atoms with Crippen LogP contribution in [0.2, 0.25) is 0 Å². The SMILES string of the molecule is CCC(CCNC(c1ccccc1)c1ccccc1)C(=O)O. The molecule has 2 rings (SSSR count). The lowest BCUT2D eigenvalue weighted by molar-refractivity contribution is -0.142. The first-order valence-corrected chi connectivity index (χ1v) is 7.78. The molecular weight excluding hydrogens is 274 g/mol. The molecule has 0 aromatic heterocycles. The van der Waals surface area contributed by atoms with Gasteiger partial charge in [-0.05, 0) is 30.5 Å². The summed E-state index contributed by atoms with van der Waals surface area (Å²) in [7, 11) is 0. The van der Waals surface area contributed by atoms with E-state index in [-0.39, 0.29) is 12.0 Å². The number of nitrogens with one attached hydrogen (secondary N) is 1. The van der Waals surface area contributed by atoms with Gasteiger partial charge in [0.1, 0.15) is 0 Å². The lowest BCUT2D eigenvalue weighted by Gasteiger charge is -2.21. The average Bonchev–Trinajstić information content (AvgIpc) is 2.56. The first-order chi connectivity index (χ1) is 10.7. The predicted octanol–water partition coefficient (Wildman–Crippen LogP) is 3.87. The van der Waals surface area contributed by atoms with E-state index in [2.05, 4.69) is 29.6 Å². The largest absolute Gasteiger partial charge is 0.481 e. The fourth-order valence-corrected chi connectivity index (χ4v) is 2.62. The van der Waals surface area contributed by atoms with E-state index < -0.39 is 5.97 Å². The van der Waals surface area contributed by atoms with Crippen molar-refractivity contribution in [2.45, 2.75) is 25.8 Å². The highest BCUT2D eigenvalue weighted by Gasteiger charge is 2.17. The molecule has 0 radical (unpaired) electrons. The Balaban J connectivity index is 2.08. The molecule has 1 atom stereocenters. The molecule has 0 aliphatic heterocycles. The maximum atomic E-state index is 11.1. The molecule has 0 aliphatic carbocycles. The van der Waals surface area contributed by atoms with Gasteiger partial charge in [-0.15, -0.1) is 0 Å². The number of carboxylic acids is 1. The quantitative estimate of drug-likeness (QED) is 0.777. The minimum Gasteiger partial charge on any atom is -0.481 e. The van der Waals surface area contributed by atoms with Crippen LogP contribution in [0.4, 0.5) is 0 Å². The van der Waals surface area contributed by atoms with Crippen LogP contribution in [0.5, 0.6) is 0 Å². The minimum absolute atomic E-state index is 0.0914. The van der Waals surface area contributed by atoms with E-state index in [1.165, 1.54) is 11.1 Å². The molecule has 0 saturated carbocycles.